The lowest BCUT2D eigenvalue weighted by molar-refractivity contribution is 0.0954. The van der Waals surface area contributed by atoms with Crippen molar-refractivity contribution in [1.29, 1.82) is 0 Å². The maximum Gasteiger partial charge on any atom is 0.252 e. The van der Waals surface area contributed by atoms with E-state index >= 15 is 0 Å². The summed E-state index contributed by atoms with van der Waals surface area (Å²) in [6.45, 7) is 4.27. The van der Waals surface area contributed by atoms with Crippen LogP contribution in [0.15, 0.2) is 29.3 Å². The Bertz CT molecular complexity index is 588. The van der Waals surface area contributed by atoms with Crippen molar-refractivity contribution in [3.8, 4) is 0 Å². The van der Waals surface area contributed by atoms with Crippen LogP contribution in [0.2, 0.25) is 5.02 Å². The van der Waals surface area contributed by atoms with Crippen molar-refractivity contribution < 1.29 is 4.79 Å². The molecule has 1 unspecified atom stereocenters. The van der Waals surface area contributed by atoms with E-state index < -0.39 is 0 Å². The number of carbonyl (C=O) groups is 1. The number of amides is 1. The predicted molar refractivity (Wildman–Crippen MR) is 103 cm³/mol. The van der Waals surface area contributed by atoms with Crippen LogP contribution < -0.4 is 16.0 Å². The van der Waals surface area contributed by atoms with Gasteiger partial charge in [0.05, 0.1) is 10.6 Å². The summed E-state index contributed by atoms with van der Waals surface area (Å²) in [5.41, 5.74) is 0.493. The molecule has 0 radical (unpaired) electrons. The van der Waals surface area contributed by atoms with Crippen LogP contribution in [0, 0.1) is 0 Å². The van der Waals surface area contributed by atoms with Crippen LogP contribution in [0.3, 0.4) is 0 Å². The minimum absolute atomic E-state index is 0.166. The molecular weight excluding hydrogens is 344 g/mol. The Labute approximate surface area is 153 Å². The summed E-state index contributed by atoms with van der Waals surface area (Å²) < 4.78 is 0.288. The molecule has 1 aromatic rings. The Morgan fingerprint density at radius 3 is 2.71 bits per heavy atom. The van der Waals surface area contributed by atoms with Crippen LogP contribution >= 0.6 is 23.4 Å². The summed E-state index contributed by atoms with van der Waals surface area (Å²) in [7, 11) is 1.75. The lowest BCUT2D eigenvalue weighted by Gasteiger charge is -2.24. The molecule has 5 nitrogen and oxygen atoms in total. The molecule has 1 saturated heterocycles. The van der Waals surface area contributed by atoms with Crippen LogP contribution in [0.4, 0.5) is 0 Å². The van der Waals surface area contributed by atoms with Gasteiger partial charge in [0.2, 0.25) is 0 Å². The average molecular weight is 369 g/mol. The van der Waals surface area contributed by atoms with Crippen LogP contribution in [-0.2, 0) is 0 Å². The van der Waals surface area contributed by atoms with E-state index in [-0.39, 0.29) is 10.7 Å². The number of rotatable bonds is 6. The highest BCUT2D eigenvalue weighted by atomic mass is 35.5. The van der Waals surface area contributed by atoms with E-state index in [0.29, 0.717) is 23.7 Å². The molecule has 0 bridgehead atoms. The molecule has 1 aliphatic heterocycles. The third-order valence-corrected chi connectivity index (χ3v) is 5.84. The highest BCUT2D eigenvalue weighted by Gasteiger charge is 2.29. The Morgan fingerprint density at radius 1 is 1.29 bits per heavy atom. The quantitative estimate of drug-likeness (QED) is 0.410. The van der Waals surface area contributed by atoms with Gasteiger partial charge in [-0.15, -0.1) is 0 Å². The van der Waals surface area contributed by atoms with Gasteiger partial charge in [-0.05, 0) is 37.7 Å². The van der Waals surface area contributed by atoms with E-state index in [1.807, 2.05) is 11.8 Å². The van der Waals surface area contributed by atoms with Crippen LogP contribution in [0.25, 0.3) is 0 Å². The minimum atomic E-state index is -0.166. The molecule has 132 valence electrons. The maximum absolute atomic E-state index is 12.0. The first kappa shape index (κ1) is 18.9. The predicted octanol–water partition coefficient (Wildman–Crippen LogP) is 2.52. The fourth-order valence-corrected chi connectivity index (χ4v) is 4.03. The van der Waals surface area contributed by atoms with Crippen molar-refractivity contribution in [1.82, 2.24) is 16.0 Å². The van der Waals surface area contributed by atoms with Gasteiger partial charge in [-0.1, -0.05) is 23.7 Å². The number of hydrogen-bond acceptors (Lipinski definition) is 3. The molecule has 1 amide bonds. The number of nitrogens with one attached hydrogen (secondary N) is 3. The summed E-state index contributed by atoms with van der Waals surface area (Å²) in [5.74, 6) is 1.83. The minimum Gasteiger partial charge on any atom is -0.355 e. The van der Waals surface area contributed by atoms with E-state index in [1.165, 1.54) is 18.6 Å². The van der Waals surface area contributed by atoms with Gasteiger partial charge in [-0.25, -0.2) is 0 Å². The maximum atomic E-state index is 12.0. The number of nitrogens with zero attached hydrogens (tertiary/aromatic N) is 1. The van der Waals surface area contributed by atoms with Crippen molar-refractivity contribution in [2.24, 2.45) is 4.99 Å². The zero-order chi connectivity index (χ0) is 17.4. The second-order valence-electron chi connectivity index (χ2n) is 5.99. The Morgan fingerprint density at radius 2 is 2.04 bits per heavy atom. The second kappa shape index (κ2) is 9.18. The van der Waals surface area contributed by atoms with Gasteiger partial charge < -0.3 is 16.0 Å². The van der Waals surface area contributed by atoms with E-state index in [1.54, 1.807) is 31.3 Å². The van der Waals surface area contributed by atoms with Gasteiger partial charge in [-0.3, -0.25) is 9.79 Å². The van der Waals surface area contributed by atoms with Crippen molar-refractivity contribution in [3.05, 3.63) is 34.9 Å². The topological polar surface area (TPSA) is 65.5 Å². The molecule has 1 heterocycles. The second-order valence-corrected chi connectivity index (χ2v) is 8.08. The van der Waals surface area contributed by atoms with Crippen LogP contribution in [0.5, 0.6) is 0 Å². The molecule has 3 N–H and O–H groups in total. The Kier molecular flexibility index (Phi) is 7.24. The van der Waals surface area contributed by atoms with Gasteiger partial charge >= 0.3 is 0 Å². The van der Waals surface area contributed by atoms with Crippen molar-refractivity contribution in [3.63, 3.8) is 0 Å². The highest BCUT2D eigenvalue weighted by molar-refractivity contribution is 8.00. The van der Waals surface area contributed by atoms with E-state index in [2.05, 4.69) is 27.9 Å². The summed E-state index contributed by atoms with van der Waals surface area (Å²) in [6.07, 6.45) is 2.51. The first-order valence-corrected chi connectivity index (χ1v) is 9.52. The number of benzene rings is 1. The number of aliphatic imine (C=N–C) groups is 1. The Balaban J connectivity index is 1.68. The lowest BCUT2D eigenvalue weighted by Crippen LogP contribution is -2.45. The van der Waals surface area contributed by atoms with Crippen molar-refractivity contribution in [2.45, 2.75) is 24.5 Å². The van der Waals surface area contributed by atoms with Gasteiger partial charge in [0.15, 0.2) is 5.96 Å². The van der Waals surface area contributed by atoms with Gasteiger partial charge in [0.1, 0.15) is 0 Å². The fraction of sp³-hybridized carbons (Fsp3) is 0.529. The van der Waals surface area contributed by atoms with Gasteiger partial charge in [0, 0.05) is 31.4 Å². The number of guanidine groups is 1. The normalized spacial score (nSPS) is 20.7. The number of thioether (sulfide) groups is 1. The van der Waals surface area contributed by atoms with E-state index in [0.717, 1.165) is 12.5 Å². The molecule has 7 heteroatoms. The lowest BCUT2D eigenvalue weighted by atomic mass is 10.1. The Hall–Kier alpha value is -1.40. The molecule has 24 heavy (non-hydrogen) atoms. The molecule has 1 atom stereocenters. The zero-order valence-electron chi connectivity index (χ0n) is 14.2. The van der Waals surface area contributed by atoms with E-state index in [9.17, 15) is 4.79 Å². The van der Waals surface area contributed by atoms with Crippen molar-refractivity contribution >= 4 is 35.2 Å². The molecule has 1 fully saturated rings. The monoisotopic (exact) mass is 368 g/mol. The summed E-state index contributed by atoms with van der Waals surface area (Å²) in [4.78, 5) is 16.3. The van der Waals surface area contributed by atoms with Crippen LogP contribution in [0.1, 0.15) is 30.1 Å². The fourth-order valence-electron chi connectivity index (χ4n) is 2.57. The summed E-state index contributed by atoms with van der Waals surface area (Å²) in [5, 5.41) is 9.89. The molecule has 0 aliphatic carbocycles. The zero-order valence-corrected chi connectivity index (χ0v) is 15.8. The standard InChI is InChI=1S/C17H25ClN4OS/c1-17(8-5-11-24-17)12-22-16(19-2)21-10-9-20-15(23)13-6-3-4-7-14(13)18/h3-4,6-7H,5,8-12H2,1-2H3,(H,20,23)(H2,19,21,22). The molecule has 2 rings (SSSR count). The van der Waals surface area contributed by atoms with Gasteiger partial charge in [-0.2, -0.15) is 11.8 Å². The third-order valence-electron chi connectivity index (χ3n) is 3.98. The first-order valence-electron chi connectivity index (χ1n) is 8.15. The summed E-state index contributed by atoms with van der Waals surface area (Å²) in [6, 6.07) is 7.03. The third kappa shape index (κ3) is 5.60. The molecule has 1 aliphatic rings. The average Bonchev–Trinajstić information content (AvgIpc) is 3.01. The molecular formula is C17H25ClN4OS. The largest absolute Gasteiger partial charge is 0.355 e. The first-order chi connectivity index (χ1) is 11.5. The van der Waals surface area contributed by atoms with Crippen molar-refractivity contribution in [2.75, 3.05) is 32.4 Å². The van der Waals surface area contributed by atoms with E-state index in [4.69, 9.17) is 11.6 Å². The summed E-state index contributed by atoms with van der Waals surface area (Å²) >= 11 is 8.03. The van der Waals surface area contributed by atoms with Gasteiger partial charge in [0.25, 0.3) is 5.91 Å². The smallest absolute Gasteiger partial charge is 0.252 e. The molecule has 0 aromatic heterocycles. The SMILES string of the molecule is CN=C(NCCNC(=O)c1ccccc1Cl)NCC1(C)CCCS1. The van der Waals surface area contributed by atoms with Crippen LogP contribution in [-0.4, -0.2) is 49.0 Å². The number of carbonyl (C=O) groups excluding carboxylic acids is 1. The number of halogens is 1. The molecule has 0 saturated carbocycles. The number of hydrogen-bond donors (Lipinski definition) is 3. The molecule has 0 spiro atoms. The molecule has 1 aromatic carbocycles. The highest BCUT2D eigenvalue weighted by Crippen LogP contribution is 2.36.